The Hall–Kier alpha value is -2.77. The second kappa shape index (κ2) is 10.7. The van der Waals surface area contributed by atoms with Gasteiger partial charge in [0.15, 0.2) is 11.5 Å². The molecule has 3 rings (SSSR count). The molecular formula is C25H33NO6. The van der Waals surface area contributed by atoms with Crippen molar-refractivity contribution in [1.29, 1.82) is 0 Å². The Morgan fingerprint density at radius 1 is 1.09 bits per heavy atom. The second-order valence-electron chi connectivity index (χ2n) is 8.98. The quantitative estimate of drug-likeness (QED) is 0.643. The standard InChI is InChI=1S/C25H33NO6/c1-25(2,3)32-24(29)26-13-7-10-20(26)21(28)17-31-22-12-11-19(15-27)14-23(22)30-16-18-8-5-4-6-9-18/h4-6,8-9,11-12,14,20-21,27-28H,7,10,13,15-17H2,1-3H3/t20-,21?/m0/s1. The molecule has 1 amide bonds. The van der Waals surface area contributed by atoms with E-state index in [1.807, 2.05) is 51.1 Å². The molecule has 0 aromatic heterocycles. The van der Waals surface area contributed by atoms with Gasteiger partial charge in [-0.15, -0.1) is 0 Å². The lowest BCUT2D eigenvalue weighted by atomic mass is 10.1. The molecule has 1 saturated heterocycles. The zero-order valence-electron chi connectivity index (χ0n) is 19.0. The van der Waals surface area contributed by atoms with Gasteiger partial charge in [0.05, 0.1) is 12.6 Å². The molecule has 7 nitrogen and oxygen atoms in total. The van der Waals surface area contributed by atoms with Crippen molar-refractivity contribution < 1.29 is 29.2 Å². The van der Waals surface area contributed by atoms with Gasteiger partial charge in [0.25, 0.3) is 0 Å². The number of carbonyl (C=O) groups excluding carboxylic acids is 1. The zero-order valence-corrected chi connectivity index (χ0v) is 19.0. The molecular weight excluding hydrogens is 410 g/mol. The lowest BCUT2D eigenvalue weighted by Gasteiger charge is -2.31. The van der Waals surface area contributed by atoms with E-state index in [1.165, 1.54) is 0 Å². The van der Waals surface area contributed by atoms with Gasteiger partial charge in [0.1, 0.15) is 24.9 Å². The van der Waals surface area contributed by atoms with E-state index in [4.69, 9.17) is 14.2 Å². The molecule has 2 atom stereocenters. The van der Waals surface area contributed by atoms with E-state index in [0.717, 1.165) is 12.0 Å². The number of rotatable bonds is 8. The van der Waals surface area contributed by atoms with Gasteiger partial charge in [0, 0.05) is 6.54 Å². The van der Waals surface area contributed by atoms with E-state index in [-0.39, 0.29) is 19.3 Å². The maximum absolute atomic E-state index is 12.5. The fourth-order valence-corrected chi connectivity index (χ4v) is 3.64. The summed E-state index contributed by atoms with van der Waals surface area (Å²) >= 11 is 0. The summed E-state index contributed by atoms with van der Waals surface area (Å²) < 4.78 is 17.3. The zero-order chi connectivity index (χ0) is 23.1. The lowest BCUT2D eigenvalue weighted by Crippen LogP contribution is -2.46. The Bertz CT molecular complexity index is 880. The van der Waals surface area contributed by atoms with Crippen molar-refractivity contribution >= 4 is 6.09 Å². The van der Waals surface area contributed by atoms with Crippen molar-refractivity contribution in [2.75, 3.05) is 13.2 Å². The number of amides is 1. The summed E-state index contributed by atoms with van der Waals surface area (Å²) in [5.74, 6) is 0.960. The van der Waals surface area contributed by atoms with Crippen LogP contribution < -0.4 is 9.47 Å². The Balaban J connectivity index is 1.64. The Morgan fingerprint density at radius 2 is 1.84 bits per heavy atom. The molecule has 1 unspecified atom stereocenters. The van der Waals surface area contributed by atoms with Crippen LogP contribution in [0.15, 0.2) is 48.5 Å². The van der Waals surface area contributed by atoms with E-state index in [1.54, 1.807) is 23.1 Å². The number of hydrogen-bond donors (Lipinski definition) is 2. The first-order chi connectivity index (χ1) is 15.3. The van der Waals surface area contributed by atoms with Crippen LogP contribution in [0.3, 0.4) is 0 Å². The minimum absolute atomic E-state index is 0.00410. The predicted octanol–water partition coefficient (Wildman–Crippen LogP) is 3.90. The third-order valence-corrected chi connectivity index (χ3v) is 5.21. The average Bonchev–Trinajstić information content (AvgIpc) is 3.26. The van der Waals surface area contributed by atoms with Crippen LogP contribution in [-0.4, -0.2) is 52.1 Å². The molecule has 0 saturated carbocycles. The summed E-state index contributed by atoms with van der Waals surface area (Å²) in [5, 5.41) is 20.2. The SMILES string of the molecule is CC(C)(C)OC(=O)N1CCC[C@H]1C(O)COc1ccc(CO)cc1OCc1ccccc1. The minimum Gasteiger partial charge on any atom is -0.487 e. The smallest absolute Gasteiger partial charge is 0.410 e. The Labute approximate surface area is 189 Å². The van der Waals surface area contributed by atoms with Gasteiger partial charge in [-0.2, -0.15) is 0 Å². The monoisotopic (exact) mass is 443 g/mol. The Kier molecular flexibility index (Phi) is 7.99. The number of aliphatic hydroxyl groups excluding tert-OH is 2. The fourth-order valence-electron chi connectivity index (χ4n) is 3.64. The van der Waals surface area contributed by atoms with Gasteiger partial charge in [0.2, 0.25) is 0 Å². The highest BCUT2D eigenvalue weighted by atomic mass is 16.6. The van der Waals surface area contributed by atoms with Crippen molar-refractivity contribution in [2.45, 2.75) is 64.6 Å². The maximum atomic E-state index is 12.5. The summed E-state index contributed by atoms with van der Waals surface area (Å²) in [6.45, 7) is 6.26. The molecule has 2 aromatic carbocycles. The summed E-state index contributed by atoms with van der Waals surface area (Å²) in [4.78, 5) is 14.1. The normalized spacial score (nSPS) is 17.2. The molecule has 0 spiro atoms. The van der Waals surface area contributed by atoms with Gasteiger partial charge in [-0.25, -0.2) is 4.79 Å². The lowest BCUT2D eigenvalue weighted by molar-refractivity contribution is -0.00380. The number of nitrogens with zero attached hydrogens (tertiary/aromatic N) is 1. The summed E-state index contributed by atoms with van der Waals surface area (Å²) in [5.41, 5.74) is 1.12. The maximum Gasteiger partial charge on any atom is 0.410 e. The molecule has 1 heterocycles. The van der Waals surface area contributed by atoms with E-state index in [9.17, 15) is 15.0 Å². The molecule has 2 N–H and O–H groups in total. The van der Waals surface area contributed by atoms with E-state index in [2.05, 4.69) is 0 Å². The molecule has 0 aliphatic carbocycles. The highest BCUT2D eigenvalue weighted by molar-refractivity contribution is 5.69. The Morgan fingerprint density at radius 3 is 2.53 bits per heavy atom. The van der Waals surface area contributed by atoms with Gasteiger partial charge in [-0.1, -0.05) is 36.4 Å². The molecule has 174 valence electrons. The number of hydrogen-bond acceptors (Lipinski definition) is 6. The molecule has 0 radical (unpaired) electrons. The van der Waals surface area contributed by atoms with Gasteiger partial charge < -0.3 is 29.3 Å². The van der Waals surface area contributed by atoms with E-state index >= 15 is 0 Å². The first-order valence-corrected chi connectivity index (χ1v) is 11.0. The van der Waals surface area contributed by atoms with Gasteiger partial charge in [-0.05, 0) is 56.9 Å². The van der Waals surface area contributed by atoms with Crippen molar-refractivity contribution in [2.24, 2.45) is 0 Å². The molecule has 1 aliphatic rings. The van der Waals surface area contributed by atoms with Gasteiger partial charge in [-0.3, -0.25) is 0 Å². The second-order valence-corrected chi connectivity index (χ2v) is 8.98. The first kappa shape index (κ1) is 23.9. The van der Waals surface area contributed by atoms with Crippen LogP contribution in [0.25, 0.3) is 0 Å². The highest BCUT2D eigenvalue weighted by Gasteiger charge is 2.36. The largest absolute Gasteiger partial charge is 0.487 e. The van der Waals surface area contributed by atoms with Crippen molar-refractivity contribution in [3.63, 3.8) is 0 Å². The van der Waals surface area contributed by atoms with Crippen LogP contribution in [0.1, 0.15) is 44.7 Å². The number of ether oxygens (including phenoxy) is 3. The number of aliphatic hydroxyl groups is 2. The topological polar surface area (TPSA) is 88.5 Å². The molecule has 1 aliphatic heterocycles. The van der Waals surface area contributed by atoms with Crippen LogP contribution in [0.5, 0.6) is 11.5 Å². The molecule has 7 heteroatoms. The van der Waals surface area contributed by atoms with Crippen LogP contribution in [0.4, 0.5) is 4.79 Å². The summed E-state index contributed by atoms with van der Waals surface area (Å²) in [7, 11) is 0. The number of likely N-dealkylation sites (tertiary alicyclic amines) is 1. The van der Waals surface area contributed by atoms with E-state index < -0.39 is 17.8 Å². The van der Waals surface area contributed by atoms with Crippen LogP contribution in [0.2, 0.25) is 0 Å². The summed E-state index contributed by atoms with van der Waals surface area (Å²) in [6, 6.07) is 14.6. The van der Waals surface area contributed by atoms with Crippen molar-refractivity contribution in [1.82, 2.24) is 4.90 Å². The average molecular weight is 444 g/mol. The number of carbonyl (C=O) groups is 1. The van der Waals surface area contributed by atoms with Crippen LogP contribution in [0, 0.1) is 0 Å². The summed E-state index contributed by atoms with van der Waals surface area (Å²) in [6.07, 6.45) is 0.199. The third kappa shape index (κ3) is 6.61. The predicted molar refractivity (Wildman–Crippen MR) is 121 cm³/mol. The molecule has 0 bridgehead atoms. The third-order valence-electron chi connectivity index (χ3n) is 5.21. The van der Waals surface area contributed by atoms with Crippen molar-refractivity contribution in [3.05, 3.63) is 59.7 Å². The molecule has 2 aromatic rings. The first-order valence-electron chi connectivity index (χ1n) is 11.0. The molecule has 1 fully saturated rings. The van der Waals surface area contributed by atoms with E-state index in [0.29, 0.717) is 36.6 Å². The van der Waals surface area contributed by atoms with Crippen molar-refractivity contribution in [3.8, 4) is 11.5 Å². The number of benzene rings is 2. The fraction of sp³-hybridized carbons (Fsp3) is 0.480. The van der Waals surface area contributed by atoms with Crippen LogP contribution >= 0.6 is 0 Å². The van der Waals surface area contributed by atoms with Crippen LogP contribution in [-0.2, 0) is 18.0 Å². The van der Waals surface area contributed by atoms with Gasteiger partial charge >= 0.3 is 6.09 Å². The highest BCUT2D eigenvalue weighted by Crippen LogP contribution is 2.30. The minimum atomic E-state index is -0.871. The molecule has 32 heavy (non-hydrogen) atoms.